The number of aromatic amines is 1. The highest BCUT2D eigenvalue weighted by molar-refractivity contribution is 6.76. The zero-order valence-corrected chi connectivity index (χ0v) is 65.4. The van der Waals surface area contributed by atoms with Crippen LogP contribution < -0.4 is 14.2 Å². The Morgan fingerprint density at radius 2 is 0.856 bits per heavy atom. The number of hydrogen-bond donors (Lipinski definition) is 5. The lowest BCUT2D eigenvalue weighted by Crippen LogP contribution is -2.22. The number of para-hydroxylation sites is 3. The topological polar surface area (TPSA) is 239 Å². The second-order valence-electron chi connectivity index (χ2n) is 28.9. The summed E-state index contributed by atoms with van der Waals surface area (Å²) in [4.78, 5) is 14.0. The van der Waals surface area contributed by atoms with Gasteiger partial charge in [0.1, 0.15) is 54.3 Å². The van der Waals surface area contributed by atoms with Gasteiger partial charge in [-0.15, -0.1) is 0 Å². The Bertz CT molecular complexity index is 4770. The predicted octanol–water partition coefficient (Wildman–Crippen LogP) is 17.5. The van der Waals surface area contributed by atoms with Gasteiger partial charge in [0.15, 0.2) is 16.9 Å². The minimum atomic E-state index is -1.19. The number of H-pyrrole nitrogens is 1. The number of rotatable bonds is 28. The Balaban J connectivity index is 0.000000172. The van der Waals surface area contributed by atoms with Crippen molar-refractivity contribution >= 4 is 63.4 Å². The molecule has 6 aromatic carbocycles. The molecule has 0 spiro atoms. The highest BCUT2D eigenvalue weighted by Gasteiger charge is 2.23. The van der Waals surface area contributed by atoms with Gasteiger partial charge in [0.2, 0.25) is 0 Å². The summed E-state index contributed by atoms with van der Waals surface area (Å²) in [6.45, 7) is 30.4. The summed E-state index contributed by atoms with van der Waals surface area (Å²) < 4.78 is 37.6. The molecule has 546 valence electrons. The summed E-state index contributed by atoms with van der Waals surface area (Å²) in [5, 5.41) is 58.4. The molecule has 2 atom stereocenters. The fourth-order valence-electron chi connectivity index (χ4n) is 11.3. The van der Waals surface area contributed by atoms with E-state index in [1.54, 1.807) is 50.5 Å². The molecular formula is C82H101N9O10Si3. The molecule has 12 rings (SSSR count). The maximum atomic E-state index is 10.1. The van der Waals surface area contributed by atoms with Crippen LogP contribution in [0, 0.1) is 0 Å². The SMILES string of the molecule is C=Cc1cccc(-c2cnc3c(c2)c(-c2ccccc2OC)nn3COCC[Si](C)(C)C)c1.CCOCC[Si](C)(C)C.COc1ccccc1-c1[nH]nc2ncc(-c3cccc(C(O)CO)c3)cc12.COc1ccccc1-c1nn(COCC[Si](C)(C)C)c2ncc(-c3cccc(C(O)CO)c3)cc12. The number of nitrogens with zero attached hydrogens (tertiary/aromatic N) is 8. The minimum Gasteiger partial charge on any atom is -0.496 e. The number of aromatic nitrogens is 9. The summed E-state index contributed by atoms with van der Waals surface area (Å²) in [6, 6.07) is 56.4. The molecule has 0 radical (unpaired) electrons. The van der Waals surface area contributed by atoms with E-state index in [0.717, 1.165) is 149 Å². The van der Waals surface area contributed by atoms with Crippen molar-refractivity contribution < 1.29 is 48.8 Å². The number of hydrogen-bond acceptors (Lipinski definition) is 16. The number of methoxy groups -OCH3 is 3. The normalized spacial score (nSPS) is 12.2. The molecule has 12 aromatic rings. The minimum absolute atomic E-state index is 0.319. The van der Waals surface area contributed by atoms with Crippen LogP contribution in [-0.2, 0) is 27.7 Å². The first-order valence-corrected chi connectivity index (χ1v) is 46.3. The van der Waals surface area contributed by atoms with E-state index in [4.69, 9.17) is 48.6 Å². The quantitative estimate of drug-likeness (QED) is 0.0226. The van der Waals surface area contributed by atoms with Crippen LogP contribution in [-0.4, -0.2) is 150 Å². The summed E-state index contributed by atoms with van der Waals surface area (Å²) in [5.74, 6) is 2.27. The van der Waals surface area contributed by atoms with Crippen LogP contribution in [0.5, 0.6) is 17.2 Å². The van der Waals surface area contributed by atoms with Gasteiger partial charge in [-0.2, -0.15) is 15.3 Å². The lowest BCUT2D eigenvalue weighted by Gasteiger charge is -2.15. The van der Waals surface area contributed by atoms with Gasteiger partial charge in [-0.1, -0.05) is 163 Å². The van der Waals surface area contributed by atoms with Crippen LogP contribution in [0.1, 0.15) is 35.8 Å². The Morgan fingerprint density at radius 1 is 0.462 bits per heavy atom. The van der Waals surface area contributed by atoms with Gasteiger partial charge in [0.25, 0.3) is 0 Å². The van der Waals surface area contributed by atoms with E-state index in [9.17, 15) is 20.4 Å². The molecule has 0 aliphatic rings. The first-order chi connectivity index (χ1) is 50.0. The zero-order chi connectivity index (χ0) is 74.6. The van der Waals surface area contributed by atoms with Crippen LogP contribution in [0.25, 0.3) is 106 Å². The van der Waals surface area contributed by atoms with Crippen LogP contribution >= 0.6 is 0 Å². The number of pyridine rings is 3. The molecule has 6 heterocycles. The number of benzene rings is 6. The molecule has 2 unspecified atom stereocenters. The molecule has 6 aromatic heterocycles. The molecule has 0 saturated heterocycles. The monoisotopic (exact) mass is 1460 g/mol. The maximum Gasteiger partial charge on any atom is 0.181 e. The van der Waals surface area contributed by atoms with Crippen molar-refractivity contribution in [2.24, 2.45) is 0 Å². The molecule has 22 heteroatoms. The van der Waals surface area contributed by atoms with E-state index in [1.165, 1.54) is 6.04 Å². The van der Waals surface area contributed by atoms with Gasteiger partial charge in [0.05, 0.1) is 40.2 Å². The molecule has 5 N–H and O–H groups in total. The van der Waals surface area contributed by atoms with Crippen molar-refractivity contribution in [1.29, 1.82) is 0 Å². The molecule has 19 nitrogen and oxygen atoms in total. The fraction of sp³-hybridized carbons (Fsp3) is 0.317. The van der Waals surface area contributed by atoms with Gasteiger partial charge >= 0.3 is 0 Å². The third kappa shape index (κ3) is 21.2. The summed E-state index contributed by atoms with van der Waals surface area (Å²) in [6.07, 6.45) is 5.48. The number of nitrogens with one attached hydrogen (secondary N) is 1. The molecule has 0 fully saturated rings. The smallest absolute Gasteiger partial charge is 0.181 e. The van der Waals surface area contributed by atoms with Gasteiger partial charge in [-0.05, 0) is 131 Å². The highest BCUT2D eigenvalue weighted by atomic mass is 28.3. The summed E-state index contributed by atoms with van der Waals surface area (Å²) >= 11 is 0. The van der Waals surface area contributed by atoms with Crippen molar-refractivity contribution in [3.63, 3.8) is 0 Å². The molecule has 0 aliphatic carbocycles. The highest BCUT2D eigenvalue weighted by Crippen LogP contribution is 2.39. The van der Waals surface area contributed by atoms with Crippen LogP contribution in [0.15, 0.2) is 189 Å². The second-order valence-corrected chi connectivity index (χ2v) is 45.7. The van der Waals surface area contributed by atoms with Crippen molar-refractivity contribution in [1.82, 2.24) is 44.7 Å². The predicted molar refractivity (Wildman–Crippen MR) is 428 cm³/mol. The van der Waals surface area contributed by atoms with E-state index >= 15 is 0 Å². The lowest BCUT2D eigenvalue weighted by molar-refractivity contribution is 0.0813. The molecule has 0 bridgehead atoms. The number of ether oxygens (including phenoxy) is 6. The number of aliphatic hydroxyl groups is 4. The third-order valence-electron chi connectivity index (χ3n) is 17.3. The summed E-state index contributed by atoms with van der Waals surface area (Å²) in [5.41, 5.74) is 15.4. The van der Waals surface area contributed by atoms with Gasteiger partial charge in [-0.25, -0.2) is 24.3 Å². The van der Waals surface area contributed by atoms with E-state index in [2.05, 4.69) is 105 Å². The summed E-state index contributed by atoms with van der Waals surface area (Å²) in [7, 11) is 1.81. The van der Waals surface area contributed by atoms with Crippen molar-refractivity contribution in [3.8, 4) is 84.4 Å². The molecule has 104 heavy (non-hydrogen) atoms. The van der Waals surface area contributed by atoms with Crippen LogP contribution in [0.3, 0.4) is 0 Å². The maximum absolute atomic E-state index is 10.1. The average molecular weight is 1460 g/mol. The molecule has 0 amide bonds. The van der Waals surface area contributed by atoms with Crippen molar-refractivity contribution in [2.45, 2.75) is 110 Å². The van der Waals surface area contributed by atoms with Gasteiger partial charge in [0, 0.05) is 119 Å². The molecule has 0 saturated carbocycles. The third-order valence-corrected chi connectivity index (χ3v) is 22.4. The van der Waals surface area contributed by atoms with E-state index in [-0.39, 0.29) is 13.2 Å². The van der Waals surface area contributed by atoms with Crippen molar-refractivity contribution in [2.75, 3.05) is 61.0 Å². The van der Waals surface area contributed by atoms with Gasteiger partial charge < -0.3 is 48.8 Å². The van der Waals surface area contributed by atoms with Gasteiger partial charge in [-0.3, -0.25) is 5.10 Å². The molecular weight excluding hydrogens is 1360 g/mol. The second kappa shape index (κ2) is 36.9. The Kier molecular flexibility index (Phi) is 28.0. The number of aliphatic hydroxyl groups excluding tert-OH is 4. The first-order valence-electron chi connectivity index (χ1n) is 35.2. The Morgan fingerprint density at radius 3 is 1.28 bits per heavy atom. The molecule has 0 aliphatic heterocycles. The standard InChI is InChI=1S/C27H33N3O4Si.C27H31N3O2Si.C21H19N3O3.C7H18OSi/c1-33-25-11-6-5-10-22(25)26-23-15-21(19-8-7-9-20(14-19)24(32)17-31)16-28-27(23)30(29-26)18-34-12-13-35(2,3)4;1-6-20-10-9-11-21(16-20)22-17-24-26(23-12-7-8-13-25(23)31-2)29-30(27(24)28-18-22)19-32-14-15-33(3,4)5;1-27-19-8-3-2-7-16(19)20-17-10-15(11-22-21(17)24-23-20)13-5-4-6-14(9-13)18(26)12-25;1-5-8-6-7-9(2,3)4/h5-11,14-16,24,31-32H,12-13,17-18H2,1-4H3;6-13,16-18H,1,14-15,19H2,2-5H3;2-11,18,25-26H,12H2,1H3,(H,22,23,24);5-7H2,1-4H3. The van der Waals surface area contributed by atoms with Crippen molar-refractivity contribution in [3.05, 3.63) is 206 Å². The number of fused-ring (bicyclic) bond motifs is 3. The zero-order valence-electron chi connectivity index (χ0n) is 62.4. The van der Waals surface area contributed by atoms with Crippen LogP contribution in [0.4, 0.5) is 0 Å². The Hall–Kier alpha value is -9.31. The van der Waals surface area contributed by atoms with E-state index in [0.29, 0.717) is 36.8 Å². The average Bonchev–Trinajstić information content (AvgIpc) is 1.64. The lowest BCUT2D eigenvalue weighted by atomic mass is 10.0. The van der Waals surface area contributed by atoms with E-state index < -0.39 is 36.4 Å². The largest absolute Gasteiger partial charge is 0.496 e. The Labute approximate surface area is 614 Å². The first kappa shape index (κ1) is 78.8. The van der Waals surface area contributed by atoms with Crippen LogP contribution in [0.2, 0.25) is 77.1 Å². The fourth-order valence-corrected chi connectivity index (χ4v) is 13.6. The van der Waals surface area contributed by atoms with E-state index in [1.807, 2.05) is 151 Å².